The van der Waals surface area contributed by atoms with E-state index >= 15 is 0 Å². The van der Waals surface area contributed by atoms with Gasteiger partial charge in [-0.1, -0.05) is 20.8 Å². The van der Waals surface area contributed by atoms with Crippen LogP contribution < -0.4 is 0 Å². The third-order valence-electron chi connectivity index (χ3n) is 3.58. The lowest BCUT2D eigenvalue weighted by Crippen LogP contribution is -2.38. The molecule has 0 bridgehead atoms. The standard InChI is InChI=1S/C14H21N3O3/c1-8(2)11-6-12(16-15-11)13(18)17(10-4-5-10)7-9(3)14(19)20/h6,8-10H,4-5,7H2,1-3H3,(H,15,16)(H,19,20). The van der Waals surface area contributed by atoms with E-state index in [1.165, 1.54) is 0 Å². The van der Waals surface area contributed by atoms with Gasteiger partial charge >= 0.3 is 5.97 Å². The number of aromatic amines is 1. The summed E-state index contributed by atoms with van der Waals surface area (Å²) in [6, 6.07) is 1.93. The van der Waals surface area contributed by atoms with Crippen molar-refractivity contribution in [2.24, 2.45) is 5.92 Å². The van der Waals surface area contributed by atoms with Crippen LogP contribution in [0.2, 0.25) is 0 Å². The van der Waals surface area contributed by atoms with Crippen molar-refractivity contribution in [2.75, 3.05) is 6.54 Å². The summed E-state index contributed by atoms with van der Waals surface area (Å²) in [7, 11) is 0. The van der Waals surface area contributed by atoms with Gasteiger partial charge in [0, 0.05) is 18.3 Å². The number of aromatic nitrogens is 2. The van der Waals surface area contributed by atoms with Crippen LogP contribution in [0.5, 0.6) is 0 Å². The van der Waals surface area contributed by atoms with Crippen molar-refractivity contribution < 1.29 is 14.7 Å². The Morgan fingerprint density at radius 2 is 2.10 bits per heavy atom. The number of carbonyl (C=O) groups excluding carboxylic acids is 1. The van der Waals surface area contributed by atoms with E-state index in [1.54, 1.807) is 17.9 Å². The van der Waals surface area contributed by atoms with Crippen molar-refractivity contribution in [1.82, 2.24) is 15.1 Å². The minimum Gasteiger partial charge on any atom is -0.481 e. The molecule has 1 aliphatic carbocycles. The van der Waals surface area contributed by atoms with Crippen molar-refractivity contribution in [1.29, 1.82) is 0 Å². The van der Waals surface area contributed by atoms with E-state index in [2.05, 4.69) is 10.2 Å². The maximum absolute atomic E-state index is 12.5. The van der Waals surface area contributed by atoms with E-state index in [4.69, 9.17) is 5.11 Å². The van der Waals surface area contributed by atoms with E-state index < -0.39 is 11.9 Å². The normalized spacial score (nSPS) is 16.2. The first-order valence-corrected chi connectivity index (χ1v) is 6.99. The van der Waals surface area contributed by atoms with Gasteiger partial charge in [0.2, 0.25) is 0 Å². The third kappa shape index (κ3) is 3.18. The molecule has 20 heavy (non-hydrogen) atoms. The molecule has 1 aliphatic rings. The second kappa shape index (κ2) is 5.64. The fourth-order valence-electron chi connectivity index (χ4n) is 2.05. The molecule has 1 aromatic heterocycles. The number of amides is 1. The van der Waals surface area contributed by atoms with Crippen molar-refractivity contribution in [3.63, 3.8) is 0 Å². The lowest BCUT2D eigenvalue weighted by molar-refractivity contribution is -0.141. The Morgan fingerprint density at radius 3 is 2.55 bits per heavy atom. The molecule has 1 saturated carbocycles. The molecule has 1 fully saturated rings. The second-order valence-corrected chi connectivity index (χ2v) is 5.79. The molecular formula is C14H21N3O3. The van der Waals surface area contributed by atoms with E-state index in [0.29, 0.717) is 5.69 Å². The molecule has 0 aromatic carbocycles. The summed E-state index contributed by atoms with van der Waals surface area (Å²) < 4.78 is 0. The molecule has 1 heterocycles. The topological polar surface area (TPSA) is 86.3 Å². The van der Waals surface area contributed by atoms with Crippen LogP contribution in [0.1, 0.15) is 55.7 Å². The highest BCUT2D eigenvalue weighted by Crippen LogP contribution is 2.29. The van der Waals surface area contributed by atoms with Gasteiger partial charge in [-0.05, 0) is 24.8 Å². The van der Waals surface area contributed by atoms with E-state index in [9.17, 15) is 9.59 Å². The van der Waals surface area contributed by atoms with Crippen molar-refractivity contribution in [2.45, 2.75) is 45.6 Å². The van der Waals surface area contributed by atoms with Crippen LogP contribution in [0.25, 0.3) is 0 Å². The zero-order valence-electron chi connectivity index (χ0n) is 12.1. The highest BCUT2D eigenvalue weighted by atomic mass is 16.4. The summed E-state index contributed by atoms with van der Waals surface area (Å²) in [4.78, 5) is 25.1. The molecule has 0 aliphatic heterocycles. The van der Waals surface area contributed by atoms with Crippen molar-refractivity contribution in [3.05, 3.63) is 17.5 Å². The summed E-state index contributed by atoms with van der Waals surface area (Å²) in [5.41, 5.74) is 1.29. The number of aliphatic carboxylic acids is 1. The molecule has 110 valence electrons. The van der Waals surface area contributed by atoms with Gasteiger partial charge < -0.3 is 10.0 Å². The van der Waals surface area contributed by atoms with Gasteiger partial charge in [-0.2, -0.15) is 5.10 Å². The third-order valence-corrected chi connectivity index (χ3v) is 3.58. The van der Waals surface area contributed by atoms with Crippen molar-refractivity contribution >= 4 is 11.9 Å². The maximum Gasteiger partial charge on any atom is 0.308 e. The molecular weight excluding hydrogens is 258 g/mol. The number of carbonyl (C=O) groups is 2. The van der Waals surface area contributed by atoms with Crippen LogP contribution >= 0.6 is 0 Å². The van der Waals surface area contributed by atoms with Gasteiger partial charge in [0.25, 0.3) is 5.91 Å². The molecule has 2 rings (SSSR count). The molecule has 0 radical (unpaired) electrons. The Bertz CT molecular complexity index is 506. The van der Waals surface area contributed by atoms with Gasteiger partial charge in [0.15, 0.2) is 0 Å². The predicted octanol–water partition coefficient (Wildman–Crippen LogP) is 1.86. The molecule has 1 amide bonds. The molecule has 2 N–H and O–H groups in total. The zero-order valence-corrected chi connectivity index (χ0v) is 12.1. The predicted molar refractivity (Wildman–Crippen MR) is 73.5 cm³/mol. The lowest BCUT2D eigenvalue weighted by atomic mass is 10.1. The molecule has 0 saturated heterocycles. The van der Waals surface area contributed by atoms with Gasteiger partial charge in [-0.3, -0.25) is 14.7 Å². The Morgan fingerprint density at radius 1 is 1.45 bits per heavy atom. The number of carboxylic acid groups (broad SMARTS) is 1. The highest BCUT2D eigenvalue weighted by Gasteiger charge is 2.35. The first-order chi connectivity index (χ1) is 9.40. The Balaban J connectivity index is 2.12. The summed E-state index contributed by atoms with van der Waals surface area (Å²) in [6.45, 7) is 5.90. The smallest absolute Gasteiger partial charge is 0.308 e. The molecule has 1 atom stereocenters. The summed E-state index contributed by atoms with van der Waals surface area (Å²) in [5.74, 6) is -1.35. The largest absolute Gasteiger partial charge is 0.481 e. The summed E-state index contributed by atoms with van der Waals surface area (Å²) in [6.07, 6.45) is 1.89. The van der Waals surface area contributed by atoms with Gasteiger partial charge in [0.1, 0.15) is 5.69 Å². The van der Waals surface area contributed by atoms with E-state index in [0.717, 1.165) is 18.5 Å². The van der Waals surface area contributed by atoms with Crippen LogP contribution in [0.3, 0.4) is 0 Å². The lowest BCUT2D eigenvalue weighted by Gasteiger charge is -2.23. The monoisotopic (exact) mass is 279 g/mol. The summed E-state index contributed by atoms with van der Waals surface area (Å²) >= 11 is 0. The van der Waals surface area contributed by atoms with Crippen LogP contribution in [0.15, 0.2) is 6.07 Å². The average Bonchev–Trinajstić information content (AvgIpc) is 3.10. The molecule has 6 nitrogen and oxygen atoms in total. The van der Waals surface area contributed by atoms with Crippen LogP contribution in [0, 0.1) is 5.92 Å². The van der Waals surface area contributed by atoms with E-state index in [-0.39, 0.29) is 24.4 Å². The fraction of sp³-hybridized carbons (Fsp3) is 0.643. The quantitative estimate of drug-likeness (QED) is 0.832. The van der Waals surface area contributed by atoms with Gasteiger partial charge in [-0.25, -0.2) is 0 Å². The van der Waals surface area contributed by atoms with Gasteiger partial charge in [-0.15, -0.1) is 0 Å². The molecule has 0 spiro atoms. The van der Waals surface area contributed by atoms with Gasteiger partial charge in [0.05, 0.1) is 5.92 Å². The zero-order chi connectivity index (χ0) is 14.9. The number of carboxylic acids is 1. The Kier molecular flexibility index (Phi) is 4.11. The van der Waals surface area contributed by atoms with Crippen LogP contribution in [-0.4, -0.2) is 44.7 Å². The maximum atomic E-state index is 12.5. The molecule has 6 heteroatoms. The molecule has 1 unspecified atom stereocenters. The number of hydrogen-bond acceptors (Lipinski definition) is 3. The number of H-pyrrole nitrogens is 1. The second-order valence-electron chi connectivity index (χ2n) is 5.79. The van der Waals surface area contributed by atoms with Crippen LogP contribution in [-0.2, 0) is 4.79 Å². The minimum absolute atomic E-state index is 0.170. The SMILES string of the molecule is CC(CN(C(=O)c1cc(C(C)C)[nH]n1)C1CC1)C(=O)O. The van der Waals surface area contributed by atoms with Crippen LogP contribution in [0.4, 0.5) is 0 Å². The number of nitrogens with zero attached hydrogens (tertiary/aromatic N) is 2. The van der Waals surface area contributed by atoms with Crippen molar-refractivity contribution in [3.8, 4) is 0 Å². The first-order valence-electron chi connectivity index (χ1n) is 6.99. The number of nitrogens with one attached hydrogen (secondary N) is 1. The number of rotatable bonds is 6. The highest BCUT2D eigenvalue weighted by molar-refractivity contribution is 5.93. The average molecular weight is 279 g/mol. The molecule has 1 aromatic rings. The fourth-order valence-corrected chi connectivity index (χ4v) is 2.05. The first kappa shape index (κ1) is 14.6. The Hall–Kier alpha value is -1.85. The number of hydrogen-bond donors (Lipinski definition) is 2. The van der Waals surface area contributed by atoms with E-state index in [1.807, 2.05) is 13.8 Å². The minimum atomic E-state index is -0.881. The summed E-state index contributed by atoms with van der Waals surface area (Å²) in [5, 5.41) is 15.9. The Labute approximate surface area is 118 Å².